The number of ether oxygens (including phenoxy) is 3. The van der Waals surface area contributed by atoms with Crippen LogP contribution in [0.4, 0.5) is 13.2 Å². The number of hydrogen-bond donors (Lipinski definition) is 1. The normalized spacial score (nSPS) is 11.7. The summed E-state index contributed by atoms with van der Waals surface area (Å²) in [5, 5.41) is 1.78. The smallest absolute Gasteiger partial charge is 0.467 e. The Hall–Kier alpha value is -3.12. The molecular weight excluding hydrogens is 479 g/mol. The minimum absolute atomic E-state index is 0.0149. The molecular formula is C22H24F3NO7S. The zero-order valence-electron chi connectivity index (χ0n) is 18.5. The van der Waals surface area contributed by atoms with Gasteiger partial charge in [-0.25, -0.2) is 13.2 Å². The van der Waals surface area contributed by atoms with Crippen molar-refractivity contribution >= 4 is 21.7 Å². The lowest BCUT2D eigenvalue weighted by molar-refractivity contribution is -0.173. The standard InChI is InChI=1S/C22H24F3NO7S/c1-3-32-20(27)18-11-10-17(13-19(18)33-14-31-2)34(29,30)16-8-6-15(7-9-16)5-4-12-26-21(28)22(23,24)25/h6-11,13H,3-5,12,14H2,1-2H3,(H,26,28). The molecule has 2 rings (SSSR count). The number of hydrogen-bond acceptors (Lipinski definition) is 7. The van der Waals surface area contributed by atoms with Gasteiger partial charge in [0.05, 0.1) is 16.4 Å². The zero-order valence-corrected chi connectivity index (χ0v) is 19.3. The van der Waals surface area contributed by atoms with Crippen LogP contribution >= 0.6 is 0 Å². The van der Waals surface area contributed by atoms with Crippen molar-refractivity contribution in [1.82, 2.24) is 5.32 Å². The lowest BCUT2D eigenvalue weighted by Gasteiger charge is -2.13. The SMILES string of the molecule is CCOC(=O)c1ccc(S(=O)(=O)c2ccc(CCCNC(=O)C(F)(F)F)cc2)cc1OCOC. The van der Waals surface area contributed by atoms with Gasteiger partial charge in [-0.15, -0.1) is 0 Å². The maximum absolute atomic E-state index is 13.1. The fourth-order valence-corrected chi connectivity index (χ4v) is 4.13. The molecule has 0 atom stereocenters. The predicted octanol–water partition coefficient (Wildman–Crippen LogP) is 3.29. The molecule has 0 heterocycles. The average Bonchev–Trinajstić information content (AvgIpc) is 2.80. The Bertz CT molecular complexity index is 1100. The number of nitrogens with one attached hydrogen (secondary N) is 1. The zero-order chi connectivity index (χ0) is 25.4. The fourth-order valence-electron chi connectivity index (χ4n) is 2.86. The molecule has 1 amide bonds. The third-order valence-corrected chi connectivity index (χ3v) is 6.28. The Balaban J connectivity index is 2.14. The van der Waals surface area contributed by atoms with Crippen molar-refractivity contribution in [2.24, 2.45) is 0 Å². The summed E-state index contributed by atoms with van der Waals surface area (Å²) in [6.45, 7) is 1.38. The number of esters is 1. The molecule has 0 saturated carbocycles. The number of methoxy groups -OCH3 is 1. The molecule has 186 valence electrons. The first kappa shape index (κ1) is 27.1. The van der Waals surface area contributed by atoms with Crippen molar-refractivity contribution in [2.75, 3.05) is 27.1 Å². The number of carbonyl (C=O) groups excluding carboxylic acids is 2. The molecule has 0 spiro atoms. The van der Waals surface area contributed by atoms with Gasteiger partial charge in [0.15, 0.2) is 6.79 Å². The molecule has 12 heteroatoms. The summed E-state index contributed by atoms with van der Waals surface area (Å²) in [4.78, 5) is 22.8. The van der Waals surface area contributed by atoms with Crippen LogP contribution in [0, 0.1) is 0 Å². The van der Waals surface area contributed by atoms with Crippen LogP contribution in [0.5, 0.6) is 5.75 Å². The third-order valence-electron chi connectivity index (χ3n) is 4.51. The van der Waals surface area contributed by atoms with Crippen LogP contribution in [0.1, 0.15) is 29.3 Å². The highest BCUT2D eigenvalue weighted by molar-refractivity contribution is 7.91. The maximum Gasteiger partial charge on any atom is 0.471 e. The van der Waals surface area contributed by atoms with Gasteiger partial charge in [0, 0.05) is 19.7 Å². The van der Waals surface area contributed by atoms with E-state index in [1.807, 2.05) is 0 Å². The van der Waals surface area contributed by atoms with Crippen molar-refractivity contribution < 1.29 is 45.4 Å². The van der Waals surface area contributed by atoms with Gasteiger partial charge < -0.3 is 19.5 Å². The molecule has 0 radical (unpaired) electrons. The van der Waals surface area contributed by atoms with Crippen molar-refractivity contribution in [3.05, 3.63) is 53.6 Å². The van der Waals surface area contributed by atoms with E-state index in [2.05, 4.69) is 0 Å². The number of alkyl halides is 3. The van der Waals surface area contributed by atoms with Crippen molar-refractivity contribution in [3.8, 4) is 5.75 Å². The Morgan fingerprint density at radius 2 is 1.68 bits per heavy atom. The summed E-state index contributed by atoms with van der Waals surface area (Å²) in [7, 11) is -2.59. The molecule has 0 saturated heterocycles. The van der Waals surface area contributed by atoms with Crippen LogP contribution < -0.4 is 10.1 Å². The molecule has 1 N–H and O–H groups in total. The summed E-state index contributed by atoms with van der Waals surface area (Å²) in [6, 6.07) is 9.57. The summed E-state index contributed by atoms with van der Waals surface area (Å²) >= 11 is 0. The van der Waals surface area contributed by atoms with E-state index in [0.717, 1.165) is 0 Å². The molecule has 0 unspecified atom stereocenters. The monoisotopic (exact) mass is 503 g/mol. The molecule has 2 aromatic rings. The average molecular weight is 503 g/mol. The number of rotatable bonds is 11. The Morgan fingerprint density at radius 3 is 2.26 bits per heavy atom. The van der Waals surface area contributed by atoms with E-state index in [1.165, 1.54) is 49.6 Å². The van der Waals surface area contributed by atoms with Gasteiger partial charge in [0.25, 0.3) is 0 Å². The highest BCUT2D eigenvalue weighted by atomic mass is 32.2. The first-order valence-corrected chi connectivity index (χ1v) is 11.6. The van der Waals surface area contributed by atoms with E-state index >= 15 is 0 Å². The van der Waals surface area contributed by atoms with E-state index in [0.29, 0.717) is 12.0 Å². The molecule has 34 heavy (non-hydrogen) atoms. The van der Waals surface area contributed by atoms with Gasteiger partial charge in [-0.2, -0.15) is 13.2 Å². The maximum atomic E-state index is 13.1. The Kier molecular flexibility index (Phi) is 9.45. The van der Waals surface area contributed by atoms with E-state index in [4.69, 9.17) is 14.2 Å². The van der Waals surface area contributed by atoms with Crippen LogP contribution in [0.3, 0.4) is 0 Å². The van der Waals surface area contributed by atoms with E-state index < -0.39 is 27.9 Å². The second-order valence-electron chi connectivity index (χ2n) is 6.93. The summed E-state index contributed by atoms with van der Waals surface area (Å²) < 4.78 is 77.8. The van der Waals surface area contributed by atoms with E-state index in [9.17, 15) is 31.2 Å². The number of amides is 1. The van der Waals surface area contributed by atoms with Gasteiger partial charge >= 0.3 is 18.1 Å². The summed E-state index contributed by atoms with van der Waals surface area (Å²) in [5.41, 5.74) is 0.729. The summed E-state index contributed by atoms with van der Waals surface area (Å²) in [6.07, 6.45) is -4.36. The number of halogens is 3. The number of aryl methyl sites for hydroxylation is 1. The molecule has 0 aliphatic heterocycles. The van der Waals surface area contributed by atoms with Crippen LogP contribution in [0.15, 0.2) is 52.3 Å². The second kappa shape index (κ2) is 11.8. The van der Waals surface area contributed by atoms with Crippen LogP contribution in [0.25, 0.3) is 0 Å². The lowest BCUT2D eigenvalue weighted by atomic mass is 10.1. The fraction of sp³-hybridized carbons (Fsp3) is 0.364. The Labute approximate surface area is 194 Å². The quantitative estimate of drug-likeness (QED) is 0.285. The second-order valence-corrected chi connectivity index (χ2v) is 8.88. The minimum Gasteiger partial charge on any atom is -0.467 e. The first-order chi connectivity index (χ1) is 16.0. The van der Waals surface area contributed by atoms with Crippen LogP contribution in [-0.4, -0.2) is 53.5 Å². The van der Waals surface area contributed by atoms with Crippen LogP contribution in [-0.2, 0) is 30.5 Å². The molecule has 2 aromatic carbocycles. The highest BCUT2D eigenvalue weighted by Crippen LogP contribution is 2.28. The van der Waals surface area contributed by atoms with Gasteiger partial charge in [-0.3, -0.25) is 4.79 Å². The molecule has 0 aromatic heterocycles. The molecule has 0 bridgehead atoms. The van der Waals surface area contributed by atoms with Crippen molar-refractivity contribution in [1.29, 1.82) is 0 Å². The highest BCUT2D eigenvalue weighted by Gasteiger charge is 2.38. The number of sulfone groups is 1. The van der Waals surface area contributed by atoms with Gasteiger partial charge in [0.1, 0.15) is 11.3 Å². The van der Waals surface area contributed by atoms with Gasteiger partial charge in [0.2, 0.25) is 9.84 Å². The van der Waals surface area contributed by atoms with Crippen LogP contribution in [0.2, 0.25) is 0 Å². The predicted molar refractivity (Wildman–Crippen MR) is 114 cm³/mol. The van der Waals surface area contributed by atoms with E-state index in [-0.39, 0.29) is 47.5 Å². The van der Waals surface area contributed by atoms with Crippen molar-refractivity contribution in [2.45, 2.75) is 35.7 Å². The largest absolute Gasteiger partial charge is 0.471 e. The first-order valence-electron chi connectivity index (χ1n) is 10.1. The molecule has 0 aliphatic carbocycles. The van der Waals surface area contributed by atoms with Crippen molar-refractivity contribution in [3.63, 3.8) is 0 Å². The Morgan fingerprint density at radius 1 is 1.03 bits per heavy atom. The molecule has 0 aliphatic rings. The van der Waals surface area contributed by atoms with E-state index in [1.54, 1.807) is 12.2 Å². The van der Waals surface area contributed by atoms with Gasteiger partial charge in [-0.1, -0.05) is 12.1 Å². The molecule has 8 nitrogen and oxygen atoms in total. The third kappa shape index (κ3) is 7.19. The lowest BCUT2D eigenvalue weighted by Crippen LogP contribution is -2.37. The van der Waals surface area contributed by atoms with Gasteiger partial charge in [-0.05, 0) is 49.6 Å². The molecule has 0 fully saturated rings. The summed E-state index contributed by atoms with van der Waals surface area (Å²) in [5.74, 6) is -2.69. The number of benzene rings is 2. The topological polar surface area (TPSA) is 108 Å². The number of carbonyl (C=O) groups is 2. The minimum atomic E-state index is -4.93.